The Hall–Kier alpha value is -2.28. The molecule has 0 unspecified atom stereocenters. The Bertz CT molecular complexity index is 860. The van der Waals surface area contributed by atoms with Gasteiger partial charge in [-0.3, -0.25) is 14.0 Å². The number of benzene rings is 1. The SMILES string of the molecule is Cn1c(=O)n(C)c2cc(CN3C(=O)OC(C)(C)[C@]3(C)O)ccc21. The molecule has 0 aliphatic carbocycles. The highest BCUT2D eigenvalue weighted by molar-refractivity contribution is 5.77. The second-order valence-electron chi connectivity index (χ2n) is 6.71. The van der Waals surface area contributed by atoms with Crippen molar-refractivity contribution >= 4 is 17.1 Å². The highest BCUT2D eigenvalue weighted by Gasteiger charge is 2.56. The minimum absolute atomic E-state index is 0.106. The molecule has 3 rings (SSSR count). The molecule has 7 nitrogen and oxygen atoms in total. The zero-order chi connectivity index (χ0) is 17.2. The first-order chi connectivity index (χ1) is 10.6. The Morgan fingerprint density at radius 2 is 1.70 bits per heavy atom. The molecule has 1 atom stereocenters. The molecular formula is C16H21N3O4. The van der Waals surface area contributed by atoms with E-state index < -0.39 is 17.4 Å². The molecule has 1 aromatic heterocycles. The van der Waals surface area contributed by atoms with E-state index in [1.165, 1.54) is 4.90 Å². The predicted molar refractivity (Wildman–Crippen MR) is 84.9 cm³/mol. The van der Waals surface area contributed by atoms with Crippen molar-refractivity contribution in [2.75, 3.05) is 0 Å². The maximum Gasteiger partial charge on any atom is 0.413 e. The topological polar surface area (TPSA) is 76.7 Å². The van der Waals surface area contributed by atoms with Gasteiger partial charge in [-0.15, -0.1) is 0 Å². The van der Waals surface area contributed by atoms with Crippen molar-refractivity contribution in [3.63, 3.8) is 0 Å². The van der Waals surface area contributed by atoms with E-state index in [9.17, 15) is 14.7 Å². The number of imidazole rings is 1. The smallest absolute Gasteiger partial charge is 0.413 e. The quantitative estimate of drug-likeness (QED) is 0.905. The van der Waals surface area contributed by atoms with Crippen LogP contribution in [0, 0.1) is 0 Å². The summed E-state index contributed by atoms with van der Waals surface area (Å²) in [6.45, 7) is 5.12. The number of rotatable bonds is 2. The zero-order valence-electron chi connectivity index (χ0n) is 14.0. The standard InChI is InChI=1S/C16H21N3O4/c1-15(2)16(3,22)19(14(21)23-15)9-10-6-7-11-12(8-10)18(5)13(20)17(11)4/h6-8,22H,9H2,1-5H3/t16-/m0/s1. The minimum atomic E-state index is -1.42. The third-order valence-corrected chi connectivity index (χ3v) is 4.91. The van der Waals surface area contributed by atoms with Crippen molar-refractivity contribution in [2.45, 2.75) is 38.6 Å². The first-order valence-corrected chi connectivity index (χ1v) is 7.43. The monoisotopic (exact) mass is 319 g/mol. The van der Waals surface area contributed by atoms with Gasteiger partial charge in [-0.1, -0.05) is 6.07 Å². The van der Waals surface area contributed by atoms with Crippen LogP contribution in [0.4, 0.5) is 4.79 Å². The summed E-state index contributed by atoms with van der Waals surface area (Å²) in [6, 6.07) is 5.54. The number of aryl methyl sites for hydroxylation is 2. The van der Waals surface area contributed by atoms with E-state index in [0.717, 1.165) is 16.6 Å². The van der Waals surface area contributed by atoms with Crippen molar-refractivity contribution in [3.05, 3.63) is 34.2 Å². The molecule has 2 aromatic rings. The van der Waals surface area contributed by atoms with Gasteiger partial charge >= 0.3 is 11.8 Å². The average Bonchev–Trinajstić information content (AvgIpc) is 2.76. The molecule has 0 radical (unpaired) electrons. The third-order valence-electron chi connectivity index (χ3n) is 4.91. The fraction of sp³-hybridized carbons (Fsp3) is 0.500. The Kier molecular flexibility index (Phi) is 3.13. The first kappa shape index (κ1) is 15.6. The van der Waals surface area contributed by atoms with Crippen molar-refractivity contribution in [3.8, 4) is 0 Å². The van der Waals surface area contributed by atoms with E-state index >= 15 is 0 Å². The summed E-state index contributed by atoms with van der Waals surface area (Å²) in [5.74, 6) is 0. The van der Waals surface area contributed by atoms with E-state index in [4.69, 9.17) is 4.74 Å². The predicted octanol–water partition coefficient (Wildman–Crippen LogP) is 1.32. The maximum atomic E-state index is 12.1. The lowest BCUT2D eigenvalue weighted by atomic mass is 9.95. The second kappa shape index (κ2) is 4.61. The van der Waals surface area contributed by atoms with Crippen molar-refractivity contribution in [1.29, 1.82) is 0 Å². The van der Waals surface area contributed by atoms with Crippen LogP contribution >= 0.6 is 0 Å². The van der Waals surface area contributed by atoms with Gasteiger partial charge in [-0.25, -0.2) is 9.59 Å². The highest BCUT2D eigenvalue weighted by Crippen LogP contribution is 2.38. The number of carbonyl (C=O) groups is 1. The molecule has 1 aromatic carbocycles. The summed E-state index contributed by atoms with van der Waals surface area (Å²) in [6.07, 6.45) is -0.554. The van der Waals surface area contributed by atoms with Gasteiger partial charge in [0.1, 0.15) is 0 Å². The number of nitrogens with zero attached hydrogens (tertiary/aromatic N) is 3. The molecule has 23 heavy (non-hydrogen) atoms. The lowest BCUT2D eigenvalue weighted by Gasteiger charge is -2.34. The van der Waals surface area contributed by atoms with Crippen molar-refractivity contribution in [2.24, 2.45) is 14.1 Å². The van der Waals surface area contributed by atoms with Crippen molar-refractivity contribution in [1.82, 2.24) is 14.0 Å². The van der Waals surface area contributed by atoms with Crippen LogP contribution in [-0.4, -0.2) is 36.6 Å². The molecule has 1 amide bonds. The summed E-state index contributed by atoms with van der Waals surface area (Å²) >= 11 is 0. The fourth-order valence-electron chi connectivity index (χ4n) is 2.92. The highest BCUT2D eigenvalue weighted by atomic mass is 16.6. The molecular weight excluding hydrogens is 298 g/mol. The third kappa shape index (κ3) is 2.07. The van der Waals surface area contributed by atoms with Crippen LogP contribution in [0.25, 0.3) is 11.0 Å². The maximum absolute atomic E-state index is 12.1. The fourth-order valence-corrected chi connectivity index (χ4v) is 2.92. The number of hydrogen-bond donors (Lipinski definition) is 1. The van der Waals surface area contributed by atoms with Crippen LogP contribution in [0.5, 0.6) is 0 Å². The van der Waals surface area contributed by atoms with Gasteiger partial charge in [0.2, 0.25) is 0 Å². The number of aliphatic hydroxyl groups is 1. The molecule has 0 saturated carbocycles. The van der Waals surface area contributed by atoms with Crippen molar-refractivity contribution < 1.29 is 14.6 Å². The van der Waals surface area contributed by atoms with Gasteiger partial charge < -0.3 is 9.84 Å². The van der Waals surface area contributed by atoms with Gasteiger partial charge in [0.15, 0.2) is 11.3 Å². The number of aromatic nitrogens is 2. The summed E-state index contributed by atoms with van der Waals surface area (Å²) in [4.78, 5) is 25.4. The lowest BCUT2D eigenvalue weighted by Crippen LogP contribution is -2.53. The van der Waals surface area contributed by atoms with E-state index in [1.807, 2.05) is 18.2 Å². The number of hydrogen-bond acceptors (Lipinski definition) is 4. The van der Waals surface area contributed by atoms with Crippen LogP contribution in [-0.2, 0) is 25.4 Å². The van der Waals surface area contributed by atoms with Crippen LogP contribution in [0.15, 0.2) is 23.0 Å². The van der Waals surface area contributed by atoms with Gasteiger partial charge in [-0.05, 0) is 38.5 Å². The van der Waals surface area contributed by atoms with Gasteiger partial charge in [0, 0.05) is 14.1 Å². The number of cyclic esters (lactones) is 1. The second-order valence-corrected chi connectivity index (χ2v) is 6.71. The number of amides is 1. The molecule has 0 bridgehead atoms. The largest absolute Gasteiger partial charge is 0.438 e. The molecule has 2 heterocycles. The molecule has 1 N–H and O–H groups in total. The number of fused-ring (bicyclic) bond motifs is 1. The zero-order valence-corrected chi connectivity index (χ0v) is 14.0. The number of ether oxygens (including phenoxy) is 1. The lowest BCUT2D eigenvalue weighted by molar-refractivity contribution is -0.129. The summed E-state index contributed by atoms with van der Waals surface area (Å²) in [7, 11) is 3.42. The van der Waals surface area contributed by atoms with Crippen LogP contribution in [0.1, 0.15) is 26.3 Å². The van der Waals surface area contributed by atoms with Crippen LogP contribution < -0.4 is 5.69 Å². The number of carbonyl (C=O) groups excluding carboxylic acids is 1. The van der Waals surface area contributed by atoms with Crippen LogP contribution in [0.2, 0.25) is 0 Å². The Morgan fingerprint density at radius 1 is 1.09 bits per heavy atom. The molecule has 0 spiro atoms. The molecule has 1 saturated heterocycles. The normalized spacial score (nSPS) is 23.6. The Balaban J connectivity index is 2.01. The average molecular weight is 319 g/mol. The van der Waals surface area contributed by atoms with Crippen LogP contribution in [0.3, 0.4) is 0 Å². The van der Waals surface area contributed by atoms with Gasteiger partial charge in [0.25, 0.3) is 0 Å². The Morgan fingerprint density at radius 3 is 2.26 bits per heavy atom. The molecule has 1 fully saturated rings. The molecule has 1 aliphatic heterocycles. The summed E-state index contributed by atoms with van der Waals surface area (Å²) in [5.41, 5.74) is -0.103. The van der Waals surface area contributed by atoms with Gasteiger partial charge in [0.05, 0.1) is 17.6 Å². The summed E-state index contributed by atoms with van der Waals surface area (Å²) < 4.78 is 8.39. The first-order valence-electron chi connectivity index (χ1n) is 7.43. The minimum Gasteiger partial charge on any atom is -0.438 e. The summed E-state index contributed by atoms with van der Waals surface area (Å²) in [5, 5.41) is 10.7. The van der Waals surface area contributed by atoms with Gasteiger partial charge in [-0.2, -0.15) is 0 Å². The molecule has 124 valence electrons. The Labute approximate surface area is 133 Å². The molecule has 7 heteroatoms. The van der Waals surface area contributed by atoms with E-state index in [0.29, 0.717) is 0 Å². The molecule has 1 aliphatic rings. The van der Waals surface area contributed by atoms with E-state index in [2.05, 4.69) is 0 Å². The van der Waals surface area contributed by atoms with E-state index in [1.54, 1.807) is 44.0 Å². The van der Waals surface area contributed by atoms with E-state index in [-0.39, 0.29) is 12.2 Å².